The van der Waals surface area contributed by atoms with Crippen LogP contribution in [0.1, 0.15) is 5.56 Å². The van der Waals surface area contributed by atoms with Crippen LogP contribution in [-0.2, 0) is 20.9 Å². The number of nitrogens with zero attached hydrogens (tertiary/aromatic N) is 1. The zero-order chi connectivity index (χ0) is 10.6. The first kappa shape index (κ1) is 10.9. The molecule has 0 aliphatic rings. The van der Waals surface area contributed by atoms with Crippen molar-refractivity contribution in [3.8, 4) is 5.88 Å². The van der Waals surface area contributed by atoms with Crippen LogP contribution in [0, 0.1) is 0 Å². The summed E-state index contributed by atoms with van der Waals surface area (Å²) in [5.74, 6) is 0.430. The van der Waals surface area contributed by atoms with Gasteiger partial charge in [0.25, 0.3) is 10.1 Å². The van der Waals surface area contributed by atoms with Gasteiger partial charge in [-0.25, -0.2) is 4.98 Å². The maximum absolute atomic E-state index is 10.7. The van der Waals surface area contributed by atoms with Crippen molar-refractivity contribution in [2.24, 2.45) is 0 Å². The highest BCUT2D eigenvalue weighted by atomic mass is 32.2. The average Bonchev–Trinajstić information content (AvgIpc) is 2.14. The first-order valence-electron chi connectivity index (χ1n) is 3.84. The first-order valence-corrected chi connectivity index (χ1v) is 5.66. The van der Waals surface area contributed by atoms with E-state index in [9.17, 15) is 8.42 Å². The van der Waals surface area contributed by atoms with E-state index in [1.807, 2.05) is 0 Å². The van der Waals surface area contributed by atoms with Gasteiger partial charge in [-0.15, -0.1) is 0 Å². The molecule has 0 aliphatic heterocycles. The number of hydrogen-bond acceptors (Lipinski definition) is 5. The van der Waals surface area contributed by atoms with Gasteiger partial charge in [0.15, 0.2) is 0 Å². The predicted octanol–water partition coefficient (Wildman–Crippen LogP) is 0.566. The lowest BCUT2D eigenvalue weighted by atomic mass is 10.3. The molecule has 0 aliphatic carbocycles. The smallest absolute Gasteiger partial charge is 0.264 e. The van der Waals surface area contributed by atoms with E-state index >= 15 is 0 Å². The van der Waals surface area contributed by atoms with Crippen molar-refractivity contribution in [3.63, 3.8) is 0 Å². The lowest BCUT2D eigenvalue weighted by Gasteiger charge is -2.03. The van der Waals surface area contributed by atoms with Crippen molar-refractivity contribution in [2.45, 2.75) is 6.61 Å². The SMILES string of the molecule is COc1cc(COS(C)(=O)=O)ccn1. The van der Waals surface area contributed by atoms with Gasteiger partial charge in [-0.05, 0) is 11.6 Å². The number of rotatable bonds is 4. The molecule has 5 nitrogen and oxygen atoms in total. The zero-order valence-corrected chi connectivity index (χ0v) is 8.74. The summed E-state index contributed by atoms with van der Waals surface area (Å²) in [6.45, 7) is -0.00227. The molecule has 78 valence electrons. The van der Waals surface area contributed by atoms with E-state index in [1.165, 1.54) is 13.3 Å². The van der Waals surface area contributed by atoms with Crippen LogP contribution in [0.3, 0.4) is 0 Å². The number of hydrogen-bond donors (Lipinski definition) is 0. The first-order chi connectivity index (χ1) is 6.51. The maximum Gasteiger partial charge on any atom is 0.264 e. The monoisotopic (exact) mass is 217 g/mol. The Bertz CT molecular complexity index is 402. The molecule has 0 spiro atoms. The van der Waals surface area contributed by atoms with Gasteiger partial charge in [-0.1, -0.05) is 0 Å². The topological polar surface area (TPSA) is 65.5 Å². The van der Waals surface area contributed by atoms with Crippen molar-refractivity contribution in [1.82, 2.24) is 4.98 Å². The Kier molecular flexibility index (Phi) is 3.43. The molecule has 0 bridgehead atoms. The summed E-state index contributed by atoms with van der Waals surface area (Å²) in [6.07, 6.45) is 2.53. The fraction of sp³-hybridized carbons (Fsp3) is 0.375. The molecule has 0 aromatic carbocycles. The lowest BCUT2D eigenvalue weighted by molar-refractivity contribution is 0.310. The number of pyridine rings is 1. The van der Waals surface area contributed by atoms with Gasteiger partial charge in [-0.3, -0.25) is 4.18 Å². The molecule has 1 aromatic heterocycles. The van der Waals surface area contributed by atoms with Crippen LogP contribution in [0.15, 0.2) is 18.3 Å². The van der Waals surface area contributed by atoms with E-state index in [1.54, 1.807) is 12.1 Å². The molecule has 0 unspecified atom stereocenters. The third kappa shape index (κ3) is 3.71. The highest BCUT2D eigenvalue weighted by Gasteiger charge is 2.03. The summed E-state index contributed by atoms with van der Waals surface area (Å²) >= 11 is 0. The molecule has 0 saturated carbocycles. The summed E-state index contributed by atoms with van der Waals surface area (Å²) in [6, 6.07) is 3.28. The second-order valence-electron chi connectivity index (χ2n) is 2.67. The summed E-state index contributed by atoms with van der Waals surface area (Å²) in [5.41, 5.74) is 0.697. The van der Waals surface area contributed by atoms with Gasteiger partial charge in [-0.2, -0.15) is 8.42 Å². The Balaban J connectivity index is 2.68. The van der Waals surface area contributed by atoms with Crippen molar-refractivity contribution in [3.05, 3.63) is 23.9 Å². The van der Waals surface area contributed by atoms with E-state index in [0.717, 1.165) is 6.26 Å². The highest BCUT2D eigenvalue weighted by Crippen LogP contribution is 2.10. The predicted molar refractivity (Wildman–Crippen MR) is 50.4 cm³/mol. The highest BCUT2D eigenvalue weighted by molar-refractivity contribution is 7.85. The minimum Gasteiger partial charge on any atom is -0.481 e. The van der Waals surface area contributed by atoms with Crippen LogP contribution in [0.2, 0.25) is 0 Å². The lowest BCUT2D eigenvalue weighted by Crippen LogP contribution is -2.02. The minimum absolute atomic E-state index is 0.00227. The van der Waals surface area contributed by atoms with Crippen LogP contribution in [-0.4, -0.2) is 26.8 Å². The van der Waals surface area contributed by atoms with Crippen LogP contribution in [0.25, 0.3) is 0 Å². The van der Waals surface area contributed by atoms with E-state index in [2.05, 4.69) is 9.17 Å². The average molecular weight is 217 g/mol. The molecule has 0 saturated heterocycles. The minimum atomic E-state index is -3.40. The van der Waals surface area contributed by atoms with Crippen LogP contribution >= 0.6 is 0 Å². The molecule has 0 N–H and O–H groups in total. The van der Waals surface area contributed by atoms with E-state index in [-0.39, 0.29) is 6.61 Å². The van der Waals surface area contributed by atoms with E-state index < -0.39 is 10.1 Å². The molecule has 0 radical (unpaired) electrons. The summed E-state index contributed by atoms with van der Waals surface area (Å²) in [4.78, 5) is 3.88. The summed E-state index contributed by atoms with van der Waals surface area (Å²) in [7, 11) is -1.91. The zero-order valence-electron chi connectivity index (χ0n) is 7.93. The Labute approximate surface area is 82.8 Å². The molecule has 0 amide bonds. The Hall–Kier alpha value is -1.14. The van der Waals surface area contributed by atoms with Crippen LogP contribution < -0.4 is 4.74 Å². The van der Waals surface area contributed by atoms with Gasteiger partial charge in [0, 0.05) is 12.3 Å². The van der Waals surface area contributed by atoms with Gasteiger partial charge >= 0.3 is 0 Å². The van der Waals surface area contributed by atoms with Crippen molar-refractivity contribution < 1.29 is 17.3 Å². The molecule has 1 heterocycles. The van der Waals surface area contributed by atoms with Crippen molar-refractivity contribution in [1.29, 1.82) is 0 Å². The molecule has 1 rings (SSSR count). The molecular formula is C8H11NO4S. The second-order valence-corrected chi connectivity index (χ2v) is 4.32. The van der Waals surface area contributed by atoms with Gasteiger partial charge in [0.2, 0.25) is 5.88 Å². The summed E-state index contributed by atoms with van der Waals surface area (Å²) in [5, 5.41) is 0. The quantitative estimate of drug-likeness (QED) is 0.690. The second kappa shape index (κ2) is 4.39. The van der Waals surface area contributed by atoms with Gasteiger partial charge in [0.1, 0.15) is 0 Å². The van der Waals surface area contributed by atoms with Crippen molar-refractivity contribution in [2.75, 3.05) is 13.4 Å². The molecule has 0 atom stereocenters. The van der Waals surface area contributed by atoms with Gasteiger partial charge < -0.3 is 4.74 Å². The van der Waals surface area contributed by atoms with Crippen molar-refractivity contribution >= 4 is 10.1 Å². The fourth-order valence-corrected chi connectivity index (χ4v) is 1.18. The third-order valence-electron chi connectivity index (χ3n) is 1.45. The fourth-order valence-electron chi connectivity index (χ4n) is 0.827. The number of methoxy groups -OCH3 is 1. The van der Waals surface area contributed by atoms with E-state index in [0.29, 0.717) is 11.4 Å². The largest absolute Gasteiger partial charge is 0.481 e. The Morgan fingerprint density at radius 3 is 2.79 bits per heavy atom. The molecule has 14 heavy (non-hydrogen) atoms. The number of ether oxygens (including phenoxy) is 1. The third-order valence-corrected chi connectivity index (χ3v) is 1.99. The van der Waals surface area contributed by atoms with Gasteiger partial charge in [0.05, 0.1) is 20.0 Å². The molecule has 6 heteroatoms. The molecular weight excluding hydrogens is 206 g/mol. The molecule has 0 fully saturated rings. The number of aromatic nitrogens is 1. The summed E-state index contributed by atoms with van der Waals surface area (Å²) < 4.78 is 30.9. The van der Waals surface area contributed by atoms with E-state index in [4.69, 9.17) is 4.74 Å². The van der Waals surface area contributed by atoms with Crippen LogP contribution in [0.5, 0.6) is 5.88 Å². The Morgan fingerprint density at radius 1 is 1.50 bits per heavy atom. The molecule has 1 aromatic rings. The normalized spacial score (nSPS) is 11.3. The Morgan fingerprint density at radius 2 is 2.21 bits per heavy atom. The maximum atomic E-state index is 10.7. The standard InChI is InChI=1S/C8H11NO4S/c1-12-8-5-7(3-4-9-8)6-13-14(2,10)11/h3-5H,6H2,1-2H3. The van der Waals surface area contributed by atoms with Crippen LogP contribution in [0.4, 0.5) is 0 Å².